The van der Waals surface area contributed by atoms with Crippen LogP contribution in [0.2, 0.25) is 0 Å². The van der Waals surface area contributed by atoms with E-state index in [1.807, 2.05) is 18.2 Å². The van der Waals surface area contributed by atoms with E-state index in [9.17, 15) is 0 Å². The molecule has 0 fully saturated rings. The molecule has 5 nitrogen and oxygen atoms in total. The van der Waals surface area contributed by atoms with Gasteiger partial charge in [-0.15, -0.1) is 0 Å². The van der Waals surface area contributed by atoms with Crippen molar-refractivity contribution in [3.8, 4) is 0 Å². The minimum atomic E-state index is 1.12. The first kappa shape index (κ1) is 62.3. The van der Waals surface area contributed by atoms with Crippen LogP contribution in [0.15, 0.2) is 346 Å². The van der Waals surface area contributed by atoms with Gasteiger partial charge in [0.15, 0.2) is 0 Å². The highest BCUT2D eigenvalue weighted by molar-refractivity contribution is 6.05. The van der Waals surface area contributed by atoms with Crippen molar-refractivity contribution in [1.29, 1.82) is 0 Å². The molecule has 94 heavy (non-hydrogen) atoms. The molecule has 0 heterocycles. The van der Waals surface area contributed by atoms with E-state index >= 15 is 0 Å². The summed E-state index contributed by atoms with van der Waals surface area (Å²) in [6.45, 7) is 10.5. The third-order valence-corrected chi connectivity index (χ3v) is 16.4. The molecule has 0 aromatic heterocycles. The number of benzene rings is 16. The first-order valence-corrected chi connectivity index (χ1v) is 32.1. The van der Waals surface area contributed by atoms with E-state index in [1.54, 1.807) is 0 Å². The van der Waals surface area contributed by atoms with Gasteiger partial charge < -0.3 is 26.6 Å². The normalized spacial score (nSPS) is 10.6. The standard InChI is InChI=1S/2C21H17N.2C17H15N.C13H13N/c1-15-9-11-19(12-10-15)22-21-8-4-7-18-13-16-5-2-3-6-17(16)14-20(18)21;1-15-6-9-20(10-7-15)22-21-11-8-18-12-16-4-2-3-5-17(16)13-19(18)14-21;1-13-9-11-15(12-10-13)18-17-8-4-6-14-5-2-3-7-16(14)17;1-13-6-9-16(10-7-13)18-17-11-8-14-4-2-3-5-15(14)12-17;1-11-7-9-13(10-8-11)14-12-5-3-2-4-6-12/h2*2-14,22H,1H3;2*2-12,18H,1H3;2-10,14H,1H3. The average Bonchev–Trinajstić information content (AvgIpc) is 0.826. The fraction of sp³-hybridized carbons (Fsp3) is 0.0562. The highest BCUT2D eigenvalue weighted by Gasteiger charge is 2.06. The van der Waals surface area contributed by atoms with Crippen molar-refractivity contribution in [2.75, 3.05) is 26.6 Å². The Labute approximate surface area is 553 Å². The van der Waals surface area contributed by atoms with Crippen molar-refractivity contribution in [3.05, 3.63) is 374 Å². The van der Waals surface area contributed by atoms with Crippen LogP contribution in [0.1, 0.15) is 27.8 Å². The molecule has 0 saturated carbocycles. The molecule has 5 heteroatoms. The number of aryl methyl sites for hydroxylation is 5. The van der Waals surface area contributed by atoms with Crippen LogP contribution in [0.4, 0.5) is 56.9 Å². The Morgan fingerprint density at radius 2 is 0.426 bits per heavy atom. The van der Waals surface area contributed by atoms with Gasteiger partial charge in [-0.05, 0) is 222 Å². The highest BCUT2D eigenvalue weighted by Crippen LogP contribution is 2.32. The molecule has 16 aromatic carbocycles. The molecular weight excluding hydrogens is 1140 g/mol. The third-order valence-electron chi connectivity index (χ3n) is 16.4. The predicted octanol–water partition coefficient (Wildman–Crippen LogP) is 25.6. The fourth-order valence-electron chi connectivity index (χ4n) is 11.2. The summed E-state index contributed by atoms with van der Waals surface area (Å²) in [4.78, 5) is 0. The minimum absolute atomic E-state index is 1.12. The van der Waals surface area contributed by atoms with Gasteiger partial charge in [0.2, 0.25) is 0 Å². The van der Waals surface area contributed by atoms with Crippen molar-refractivity contribution in [2.24, 2.45) is 0 Å². The summed E-state index contributed by atoms with van der Waals surface area (Å²) in [7, 11) is 0. The molecule has 0 atom stereocenters. The Balaban J connectivity index is 0.000000114. The van der Waals surface area contributed by atoms with E-state index in [0.717, 1.165) is 56.9 Å². The van der Waals surface area contributed by atoms with Crippen LogP contribution >= 0.6 is 0 Å². The summed E-state index contributed by atoms with van der Waals surface area (Å²) in [6, 6.07) is 121. The van der Waals surface area contributed by atoms with Crippen LogP contribution in [0.3, 0.4) is 0 Å². The lowest BCUT2D eigenvalue weighted by atomic mass is 10.0. The van der Waals surface area contributed by atoms with E-state index < -0.39 is 0 Å². The van der Waals surface area contributed by atoms with Crippen LogP contribution in [0.5, 0.6) is 0 Å². The van der Waals surface area contributed by atoms with E-state index in [-0.39, 0.29) is 0 Å². The average molecular weight is 1220 g/mol. The molecule has 0 amide bonds. The predicted molar refractivity (Wildman–Crippen MR) is 410 cm³/mol. The van der Waals surface area contributed by atoms with Crippen LogP contribution in [-0.2, 0) is 0 Å². The highest BCUT2D eigenvalue weighted by atomic mass is 14.9. The molecule has 16 rings (SSSR count). The Bertz CT molecular complexity index is 5090. The van der Waals surface area contributed by atoms with Gasteiger partial charge in [0, 0.05) is 67.6 Å². The number of anilines is 10. The SMILES string of the molecule is Cc1ccc(Nc2ccc3cc4ccccc4cc3c2)cc1.Cc1ccc(Nc2ccc3ccccc3c2)cc1.Cc1ccc(Nc2cccc3cc4ccccc4cc23)cc1.Cc1ccc(Nc2cccc3ccccc23)cc1.Cc1ccc(Nc2ccccc2)cc1. The van der Waals surface area contributed by atoms with Crippen LogP contribution in [0.25, 0.3) is 64.6 Å². The molecule has 0 radical (unpaired) electrons. The lowest BCUT2D eigenvalue weighted by Gasteiger charge is -2.11. The molecule has 0 aliphatic carbocycles. The van der Waals surface area contributed by atoms with Gasteiger partial charge in [-0.1, -0.05) is 240 Å². The number of para-hydroxylation sites is 1. The zero-order valence-electron chi connectivity index (χ0n) is 53.9. The fourth-order valence-corrected chi connectivity index (χ4v) is 11.2. The van der Waals surface area contributed by atoms with E-state index in [4.69, 9.17) is 0 Å². The molecular formula is C89H77N5. The van der Waals surface area contributed by atoms with E-state index in [0.29, 0.717) is 0 Å². The van der Waals surface area contributed by atoms with Gasteiger partial charge in [-0.25, -0.2) is 0 Å². The van der Waals surface area contributed by atoms with Gasteiger partial charge in [0.05, 0.1) is 0 Å². The Morgan fingerprint density at radius 1 is 0.149 bits per heavy atom. The van der Waals surface area contributed by atoms with Gasteiger partial charge in [0.25, 0.3) is 0 Å². The molecule has 0 aliphatic rings. The maximum Gasteiger partial charge on any atom is 0.0464 e. The minimum Gasteiger partial charge on any atom is -0.356 e. The summed E-state index contributed by atoms with van der Waals surface area (Å²) in [6.07, 6.45) is 0. The van der Waals surface area contributed by atoms with Crippen molar-refractivity contribution in [2.45, 2.75) is 34.6 Å². The Morgan fingerprint density at radius 3 is 0.894 bits per heavy atom. The van der Waals surface area contributed by atoms with Gasteiger partial charge in [-0.3, -0.25) is 0 Å². The number of fused-ring (bicyclic) bond motifs is 6. The van der Waals surface area contributed by atoms with Crippen LogP contribution in [-0.4, -0.2) is 0 Å². The molecule has 0 saturated heterocycles. The summed E-state index contributed by atoms with van der Waals surface area (Å²) in [5, 5.41) is 32.4. The first-order chi connectivity index (χ1) is 46.0. The maximum atomic E-state index is 3.54. The van der Waals surface area contributed by atoms with Crippen molar-refractivity contribution in [1.82, 2.24) is 0 Å². The van der Waals surface area contributed by atoms with Crippen LogP contribution in [0, 0.1) is 34.6 Å². The van der Waals surface area contributed by atoms with Gasteiger partial charge in [0.1, 0.15) is 0 Å². The molecule has 0 bridgehead atoms. The van der Waals surface area contributed by atoms with Crippen molar-refractivity contribution in [3.63, 3.8) is 0 Å². The smallest absolute Gasteiger partial charge is 0.0464 e. The van der Waals surface area contributed by atoms with Crippen molar-refractivity contribution < 1.29 is 0 Å². The summed E-state index contributed by atoms with van der Waals surface area (Å²) >= 11 is 0. The first-order valence-electron chi connectivity index (χ1n) is 32.1. The molecule has 0 unspecified atom stereocenters. The third kappa shape index (κ3) is 16.9. The Hall–Kier alpha value is -11.9. The Kier molecular flexibility index (Phi) is 20.0. The van der Waals surface area contributed by atoms with E-state index in [2.05, 4.69) is 389 Å². The van der Waals surface area contributed by atoms with Gasteiger partial charge >= 0.3 is 0 Å². The van der Waals surface area contributed by atoms with Crippen molar-refractivity contribution >= 4 is 122 Å². The lowest BCUT2D eigenvalue weighted by molar-refractivity contribution is 1.45. The number of rotatable bonds is 10. The quantitative estimate of drug-likeness (QED) is 0.0884. The molecule has 458 valence electrons. The lowest BCUT2D eigenvalue weighted by Crippen LogP contribution is -1.91. The second-order valence-electron chi connectivity index (χ2n) is 23.9. The zero-order chi connectivity index (χ0) is 64.4. The van der Waals surface area contributed by atoms with E-state index in [1.165, 1.54) is 92.5 Å². The molecule has 16 aromatic rings. The summed E-state index contributed by atoms with van der Waals surface area (Å²) in [5.41, 5.74) is 17.6. The monoisotopic (exact) mass is 1220 g/mol. The van der Waals surface area contributed by atoms with Crippen LogP contribution < -0.4 is 26.6 Å². The second-order valence-corrected chi connectivity index (χ2v) is 23.9. The summed E-state index contributed by atoms with van der Waals surface area (Å²) < 4.78 is 0. The second kappa shape index (κ2) is 30.3. The molecule has 0 spiro atoms. The number of hydrogen-bond acceptors (Lipinski definition) is 5. The van der Waals surface area contributed by atoms with Gasteiger partial charge in [-0.2, -0.15) is 0 Å². The molecule has 5 N–H and O–H groups in total. The largest absolute Gasteiger partial charge is 0.356 e. The number of hydrogen-bond donors (Lipinski definition) is 5. The number of nitrogens with one attached hydrogen (secondary N) is 5. The zero-order valence-corrected chi connectivity index (χ0v) is 53.9. The maximum absolute atomic E-state index is 3.54. The molecule has 0 aliphatic heterocycles. The summed E-state index contributed by atoms with van der Waals surface area (Å²) in [5.74, 6) is 0. The topological polar surface area (TPSA) is 60.1 Å².